The summed E-state index contributed by atoms with van der Waals surface area (Å²) >= 11 is 0. The van der Waals surface area contributed by atoms with Gasteiger partial charge in [0.05, 0.1) is 6.42 Å². The molecule has 0 bridgehead atoms. The predicted molar refractivity (Wildman–Crippen MR) is 103 cm³/mol. The molecule has 0 spiro atoms. The SMILES string of the molecule is CCc1ccccc1Nc1nc(N)nc(COC(=O)Cc2cccc(F)c2)n1. The molecule has 0 saturated heterocycles. The molecule has 8 heteroatoms. The van der Waals surface area contributed by atoms with Gasteiger partial charge in [-0.25, -0.2) is 4.39 Å². The van der Waals surface area contributed by atoms with Gasteiger partial charge < -0.3 is 15.8 Å². The highest BCUT2D eigenvalue weighted by molar-refractivity contribution is 5.72. The Bertz CT molecular complexity index is 980. The minimum Gasteiger partial charge on any atom is -0.457 e. The van der Waals surface area contributed by atoms with Crippen molar-refractivity contribution in [1.29, 1.82) is 0 Å². The van der Waals surface area contributed by atoms with Crippen LogP contribution in [0.15, 0.2) is 48.5 Å². The molecule has 0 aliphatic rings. The summed E-state index contributed by atoms with van der Waals surface area (Å²) in [7, 11) is 0. The van der Waals surface area contributed by atoms with Crippen LogP contribution < -0.4 is 11.1 Å². The number of anilines is 3. The van der Waals surface area contributed by atoms with E-state index in [9.17, 15) is 9.18 Å². The largest absolute Gasteiger partial charge is 0.457 e. The first kappa shape index (κ1) is 19.2. The Balaban J connectivity index is 1.65. The Kier molecular flexibility index (Phi) is 6.11. The fraction of sp³-hybridized carbons (Fsp3) is 0.200. The van der Waals surface area contributed by atoms with E-state index in [1.165, 1.54) is 18.2 Å². The van der Waals surface area contributed by atoms with Crippen molar-refractivity contribution in [1.82, 2.24) is 15.0 Å². The van der Waals surface area contributed by atoms with Gasteiger partial charge >= 0.3 is 5.97 Å². The fourth-order valence-electron chi connectivity index (χ4n) is 2.64. The van der Waals surface area contributed by atoms with Crippen molar-refractivity contribution in [3.63, 3.8) is 0 Å². The van der Waals surface area contributed by atoms with Gasteiger partial charge in [0, 0.05) is 5.69 Å². The zero-order chi connectivity index (χ0) is 19.9. The predicted octanol–water partition coefficient (Wildman–Crippen LogP) is 3.18. The van der Waals surface area contributed by atoms with Gasteiger partial charge in [-0.2, -0.15) is 15.0 Å². The van der Waals surface area contributed by atoms with Crippen LogP contribution in [0.5, 0.6) is 0 Å². The van der Waals surface area contributed by atoms with Crippen LogP contribution in [0.25, 0.3) is 0 Å². The van der Waals surface area contributed by atoms with Crippen molar-refractivity contribution in [2.45, 2.75) is 26.4 Å². The van der Waals surface area contributed by atoms with Crippen molar-refractivity contribution in [3.05, 3.63) is 71.3 Å². The second kappa shape index (κ2) is 8.90. The maximum atomic E-state index is 13.2. The summed E-state index contributed by atoms with van der Waals surface area (Å²) in [5.41, 5.74) is 8.24. The molecule has 3 rings (SSSR count). The highest BCUT2D eigenvalue weighted by atomic mass is 19.1. The normalized spacial score (nSPS) is 10.5. The van der Waals surface area contributed by atoms with Crippen LogP contribution in [0.1, 0.15) is 23.9 Å². The fourth-order valence-corrected chi connectivity index (χ4v) is 2.64. The first-order valence-electron chi connectivity index (χ1n) is 8.79. The molecule has 0 fully saturated rings. The number of hydrogen-bond donors (Lipinski definition) is 2. The zero-order valence-corrected chi connectivity index (χ0v) is 15.4. The lowest BCUT2D eigenvalue weighted by atomic mass is 10.1. The monoisotopic (exact) mass is 381 g/mol. The molecular weight excluding hydrogens is 361 g/mol. The number of nitrogens with one attached hydrogen (secondary N) is 1. The number of ether oxygens (including phenoxy) is 1. The van der Waals surface area contributed by atoms with Gasteiger partial charge in [0.15, 0.2) is 12.4 Å². The van der Waals surface area contributed by atoms with Crippen molar-refractivity contribution in [2.24, 2.45) is 0 Å². The average Bonchev–Trinajstić information content (AvgIpc) is 2.66. The topological polar surface area (TPSA) is 103 Å². The third-order valence-electron chi connectivity index (χ3n) is 3.94. The van der Waals surface area contributed by atoms with Crippen molar-refractivity contribution in [3.8, 4) is 0 Å². The Morgan fingerprint density at radius 2 is 1.96 bits per heavy atom. The number of benzene rings is 2. The molecule has 0 aliphatic carbocycles. The maximum Gasteiger partial charge on any atom is 0.310 e. The molecule has 0 radical (unpaired) electrons. The van der Waals surface area contributed by atoms with E-state index in [1.54, 1.807) is 6.07 Å². The van der Waals surface area contributed by atoms with E-state index < -0.39 is 11.8 Å². The van der Waals surface area contributed by atoms with Crippen LogP contribution in [0, 0.1) is 5.82 Å². The van der Waals surface area contributed by atoms with Gasteiger partial charge in [-0.15, -0.1) is 0 Å². The van der Waals surface area contributed by atoms with Crippen LogP contribution >= 0.6 is 0 Å². The lowest BCUT2D eigenvalue weighted by Crippen LogP contribution is -2.12. The number of para-hydroxylation sites is 1. The number of nitrogens with zero attached hydrogens (tertiary/aromatic N) is 3. The molecule has 144 valence electrons. The van der Waals surface area contributed by atoms with Crippen LogP contribution in [-0.2, 0) is 29.0 Å². The smallest absolute Gasteiger partial charge is 0.310 e. The molecule has 3 N–H and O–H groups in total. The molecule has 1 aromatic heterocycles. The van der Waals surface area contributed by atoms with Gasteiger partial charge in [0.1, 0.15) is 5.82 Å². The van der Waals surface area contributed by atoms with E-state index in [1.807, 2.05) is 31.2 Å². The van der Waals surface area contributed by atoms with Gasteiger partial charge in [0.25, 0.3) is 0 Å². The number of aromatic nitrogens is 3. The van der Waals surface area contributed by atoms with Crippen LogP contribution in [0.4, 0.5) is 22.0 Å². The number of carbonyl (C=O) groups is 1. The van der Waals surface area contributed by atoms with Crippen LogP contribution in [0.2, 0.25) is 0 Å². The van der Waals surface area contributed by atoms with E-state index in [4.69, 9.17) is 10.5 Å². The summed E-state index contributed by atoms with van der Waals surface area (Å²) in [6, 6.07) is 13.6. The van der Waals surface area contributed by atoms with Gasteiger partial charge in [-0.1, -0.05) is 37.3 Å². The number of nitrogen functional groups attached to an aromatic ring is 1. The molecule has 1 heterocycles. The Hall–Kier alpha value is -3.55. The number of esters is 1. The van der Waals surface area contributed by atoms with Crippen LogP contribution in [-0.4, -0.2) is 20.9 Å². The summed E-state index contributed by atoms with van der Waals surface area (Å²) in [4.78, 5) is 24.3. The Morgan fingerprint density at radius 1 is 1.14 bits per heavy atom. The quantitative estimate of drug-likeness (QED) is 0.606. The second-order valence-corrected chi connectivity index (χ2v) is 6.04. The lowest BCUT2D eigenvalue weighted by Gasteiger charge is -2.11. The van der Waals surface area contributed by atoms with Crippen molar-refractivity contribution in [2.75, 3.05) is 11.1 Å². The second-order valence-electron chi connectivity index (χ2n) is 6.04. The van der Waals surface area contributed by atoms with E-state index >= 15 is 0 Å². The molecule has 7 nitrogen and oxygen atoms in total. The maximum absolute atomic E-state index is 13.2. The first-order chi connectivity index (χ1) is 13.5. The minimum atomic E-state index is -0.518. The number of aryl methyl sites for hydroxylation is 1. The van der Waals surface area contributed by atoms with E-state index in [0.717, 1.165) is 17.7 Å². The van der Waals surface area contributed by atoms with Gasteiger partial charge in [-0.05, 0) is 35.7 Å². The summed E-state index contributed by atoms with van der Waals surface area (Å²) in [6.45, 7) is 1.89. The van der Waals surface area contributed by atoms with Crippen molar-refractivity contribution >= 4 is 23.6 Å². The summed E-state index contributed by atoms with van der Waals surface area (Å²) in [5, 5.41) is 3.11. The average molecular weight is 381 g/mol. The number of hydrogen-bond acceptors (Lipinski definition) is 7. The summed E-state index contributed by atoms with van der Waals surface area (Å²) in [5.74, 6) is -0.419. The number of carbonyl (C=O) groups excluding carboxylic acids is 1. The molecule has 3 aromatic rings. The minimum absolute atomic E-state index is 0.0164. The third-order valence-corrected chi connectivity index (χ3v) is 3.94. The number of rotatable bonds is 7. The molecule has 0 atom stereocenters. The van der Waals surface area contributed by atoms with Crippen LogP contribution in [0.3, 0.4) is 0 Å². The third kappa shape index (κ3) is 5.23. The molecule has 2 aromatic carbocycles. The summed E-state index contributed by atoms with van der Waals surface area (Å²) in [6.07, 6.45) is 0.793. The lowest BCUT2D eigenvalue weighted by molar-refractivity contribution is -0.144. The first-order valence-corrected chi connectivity index (χ1v) is 8.79. The van der Waals surface area contributed by atoms with Crippen molar-refractivity contribution < 1.29 is 13.9 Å². The highest BCUT2D eigenvalue weighted by Gasteiger charge is 2.11. The van der Waals surface area contributed by atoms with E-state index in [2.05, 4.69) is 20.3 Å². The summed E-state index contributed by atoms with van der Waals surface area (Å²) < 4.78 is 18.4. The Labute approximate surface area is 161 Å². The van der Waals surface area contributed by atoms with E-state index in [0.29, 0.717) is 5.56 Å². The molecule has 28 heavy (non-hydrogen) atoms. The Morgan fingerprint density at radius 3 is 2.75 bits per heavy atom. The molecule has 0 unspecified atom stereocenters. The number of halogens is 1. The van der Waals surface area contributed by atoms with E-state index in [-0.39, 0.29) is 30.7 Å². The van der Waals surface area contributed by atoms with Gasteiger partial charge in [-0.3, -0.25) is 4.79 Å². The standard InChI is InChI=1S/C20H20FN5O2/c1-2-14-7-3-4-9-16(14)23-20-25-17(24-19(22)26-20)12-28-18(27)11-13-6-5-8-15(21)10-13/h3-10H,2,11-12H2,1H3,(H3,22,23,24,25,26). The molecule has 0 aliphatic heterocycles. The number of nitrogens with two attached hydrogens (primary N) is 1. The molecule has 0 amide bonds. The molecular formula is C20H20FN5O2. The van der Waals surface area contributed by atoms with Gasteiger partial charge in [0.2, 0.25) is 11.9 Å². The zero-order valence-electron chi connectivity index (χ0n) is 15.4. The molecule has 0 saturated carbocycles. The highest BCUT2D eigenvalue weighted by Crippen LogP contribution is 2.19.